The van der Waals surface area contributed by atoms with Crippen LogP contribution in [0.15, 0.2) is 18.5 Å². The molecular weight excluding hydrogens is 394 g/mol. The summed E-state index contributed by atoms with van der Waals surface area (Å²) in [7, 11) is 0. The van der Waals surface area contributed by atoms with Gasteiger partial charge in [0.25, 0.3) is 5.91 Å². The maximum Gasteiger partial charge on any atom is 0.291 e. The minimum atomic E-state index is -0.141. The lowest BCUT2D eigenvalue weighted by molar-refractivity contribution is -0.136. The number of halogens is 1. The predicted octanol–water partition coefficient (Wildman–Crippen LogP) is 1.07. The number of carbonyl (C=O) groups is 2. The van der Waals surface area contributed by atoms with E-state index in [9.17, 15) is 9.59 Å². The summed E-state index contributed by atoms with van der Waals surface area (Å²) in [6.45, 7) is 6.23. The zero-order valence-electron chi connectivity index (χ0n) is 16.7. The van der Waals surface area contributed by atoms with Crippen LogP contribution < -0.4 is 0 Å². The van der Waals surface area contributed by atoms with E-state index >= 15 is 0 Å². The lowest BCUT2D eigenvalue weighted by atomic mass is 10.0. The van der Waals surface area contributed by atoms with Crippen molar-refractivity contribution in [3.8, 4) is 0 Å². The summed E-state index contributed by atoms with van der Waals surface area (Å²) < 4.78 is 5.42. The molecule has 2 amide bonds. The monoisotopic (exact) mass is 423 g/mol. The highest BCUT2D eigenvalue weighted by Crippen LogP contribution is 2.32. The van der Waals surface area contributed by atoms with Gasteiger partial charge in [-0.05, 0) is 31.7 Å². The molecule has 0 N–H and O–H groups in total. The van der Waals surface area contributed by atoms with Crippen LogP contribution in [0.4, 0.5) is 0 Å². The van der Waals surface area contributed by atoms with Gasteiger partial charge in [0, 0.05) is 63.6 Å². The Hall–Kier alpha value is -1.77. The molecule has 1 aliphatic carbocycles. The first kappa shape index (κ1) is 21.9. The van der Waals surface area contributed by atoms with Crippen LogP contribution in [0.1, 0.15) is 36.3 Å². The molecule has 0 spiro atoms. The molecule has 3 heterocycles. The zero-order chi connectivity index (χ0) is 19.3. The van der Waals surface area contributed by atoms with Crippen molar-refractivity contribution in [3.05, 3.63) is 24.3 Å². The maximum atomic E-state index is 13.0. The fourth-order valence-electron chi connectivity index (χ4n) is 4.06. The van der Waals surface area contributed by atoms with Crippen LogP contribution in [-0.4, -0.2) is 95.0 Å². The number of piperidine rings is 1. The van der Waals surface area contributed by atoms with Gasteiger partial charge in [-0.25, -0.2) is 9.97 Å². The number of rotatable bonds is 6. The van der Waals surface area contributed by atoms with Crippen molar-refractivity contribution in [2.45, 2.75) is 31.7 Å². The normalized spacial score (nSPS) is 22.6. The van der Waals surface area contributed by atoms with E-state index in [-0.39, 0.29) is 42.0 Å². The van der Waals surface area contributed by atoms with E-state index in [1.165, 1.54) is 0 Å². The summed E-state index contributed by atoms with van der Waals surface area (Å²) in [5.41, 5.74) is 0. The van der Waals surface area contributed by atoms with Crippen LogP contribution in [0.2, 0.25) is 0 Å². The first-order valence-corrected chi connectivity index (χ1v) is 10.4. The van der Waals surface area contributed by atoms with Crippen LogP contribution >= 0.6 is 12.4 Å². The topological polar surface area (TPSA) is 78.9 Å². The van der Waals surface area contributed by atoms with Gasteiger partial charge >= 0.3 is 0 Å². The Morgan fingerprint density at radius 3 is 2.52 bits per heavy atom. The smallest absolute Gasteiger partial charge is 0.291 e. The molecule has 3 aliphatic rings. The molecular formula is C20H30ClN5O3. The van der Waals surface area contributed by atoms with Crippen molar-refractivity contribution < 1.29 is 14.3 Å². The van der Waals surface area contributed by atoms with E-state index in [0.29, 0.717) is 13.1 Å². The molecule has 2 saturated heterocycles. The largest absolute Gasteiger partial charge is 0.379 e. The van der Waals surface area contributed by atoms with Gasteiger partial charge in [0.1, 0.15) is 0 Å². The standard InChI is InChI=1S/C20H29N5O3.ClH/c26-19(16-4-5-16)25(10-9-23-11-13-28-14-12-23)17-3-1-8-24(15-17)20(27)18-21-6-2-7-22-18;/h2,6-7,16-17H,1,3-5,8-15H2;1H. The summed E-state index contributed by atoms with van der Waals surface area (Å²) in [6, 6.07) is 1.79. The number of aromatic nitrogens is 2. The van der Waals surface area contributed by atoms with E-state index in [1.807, 2.05) is 4.90 Å². The molecule has 1 unspecified atom stereocenters. The third kappa shape index (κ3) is 5.65. The molecule has 9 heteroatoms. The summed E-state index contributed by atoms with van der Waals surface area (Å²) in [5.74, 6) is 0.547. The zero-order valence-corrected chi connectivity index (χ0v) is 17.6. The fourth-order valence-corrected chi connectivity index (χ4v) is 4.06. The number of amides is 2. The molecule has 160 valence electrons. The summed E-state index contributed by atoms with van der Waals surface area (Å²) >= 11 is 0. The molecule has 4 rings (SSSR count). The van der Waals surface area contributed by atoms with Gasteiger partial charge in [-0.3, -0.25) is 14.5 Å². The molecule has 0 radical (unpaired) electrons. The Kier molecular flexibility index (Phi) is 7.80. The van der Waals surface area contributed by atoms with Crippen LogP contribution in [0, 0.1) is 5.92 Å². The van der Waals surface area contributed by atoms with Gasteiger partial charge in [0.2, 0.25) is 11.7 Å². The number of ether oxygens (including phenoxy) is 1. The number of carbonyl (C=O) groups excluding carboxylic acids is 2. The maximum absolute atomic E-state index is 13.0. The lowest BCUT2D eigenvalue weighted by Gasteiger charge is -2.40. The van der Waals surface area contributed by atoms with Crippen molar-refractivity contribution in [3.63, 3.8) is 0 Å². The third-order valence-corrected chi connectivity index (χ3v) is 5.85. The Bertz CT molecular complexity index is 682. The van der Waals surface area contributed by atoms with Crippen molar-refractivity contribution in [2.75, 3.05) is 52.5 Å². The molecule has 0 bridgehead atoms. The SMILES string of the molecule is Cl.O=C(c1ncccn1)N1CCCC(N(CCN2CCOCC2)C(=O)C2CC2)C1. The van der Waals surface area contributed by atoms with Crippen LogP contribution in [0.25, 0.3) is 0 Å². The summed E-state index contributed by atoms with van der Waals surface area (Å²) in [4.78, 5) is 40.2. The van der Waals surface area contributed by atoms with Gasteiger partial charge in [0.15, 0.2) is 0 Å². The average Bonchev–Trinajstić information content (AvgIpc) is 3.60. The molecule has 3 fully saturated rings. The van der Waals surface area contributed by atoms with E-state index in [0.717, 1.165) is 65.1 Å². The number of morpholine rings is 1. The van der Waals surface area contributed by atoms with E-state index in [4.69, 9.17) is 4.74 Å². The Labute approximate surface area is 178 Å². The molecule has 29 heavy (non-hydrogen) atoms. The van der Waals surface area contributed by atoms with E-state index < -0.39 is 0 Å². The Balaban J connectivity index is 0.00000240. The first-order valence-electron chi connectivity index (χ1n) is 10.4. The molecule has 1 saturated carbocycles. The highest BCUT2D eigenvalue weighted by Gasteiger charge is 2.38. The molecule has 1 aromatic rings. The van der Waals surface area contributed by atoms with Crippen molar-refractivity contribution >= 4 is 24.2 Å². The van der Waals surface area contributed by atoms with Crippen molar-refractivity contribution in [2.24, 2.45) is 5.92 Å². The number of likely N-dealkylation sites (tertiary alicyclic amines) is 1. The Morgan fingerprint density at radius 1 is 1.10 bits per heavy atom. The summed E-state index contributed by atoms with van der Waals surface area (Å²) in [6.07, 6.45) is 7.02. The number of hydrogen-bond acceptors (Lipinski definition) is 6. The highest BCUT2D eigenvalue weighted by molar-refractivity contribution is 5.90. The average molecular weight is 424 g/mol. The predicted molar refractivity (Wildman–Crippen MR) is 110 cm³/mol. The minimum Gasteiger partial charge on any atom is -0.379 e. The van der Waals surface area contributed by atoms with E-state index in [1.54, 1.807) is 18.5 Å². The molecule has 8 nitrogen and oxygen atoms in total. The fraction of sp³-hybridized carbons (Fsp3) is 0.700. The quantitative estimate of drug-likeness (QED) is 0.681. The van der Waals surface area contributed by atoms with Gasteiger partial charge in [-0.15, -0.1) is 12.4 Å². The second-order valence-corrected chi connectivity index (χ2v) is 7.88. The van der Waals surface area contributed by atoms with Crippen molar-refractivity contribution in [1.29, 1.82) is 0 Å². The molecule has 1 aromatic heterocycles. The number of nitrogens with zero attached hydrogens (tertiary/aromatic N) is 5. The van der Waals surface area contributed by atoms with Crippen molar-refractivity contribution in [1.82, 2.24) is 24.7 Å². The molecule has 1 atom stereocenters. The third-order valence-electron chi connectivity index (χ3n) is 5.85. The molecule has 2 aliphatic heterocycles. The van der Waals surface area contributed by atoms with Crippen LogP contribution in [0.3, 0.4) is 0 Å². The summed E-state index contributed by atoms with van der Waals surface area (Å²) in [5, 5.41) is 0. The second kappa shape index (κ2) is 10.3. The Morgan fingerprint density at radius 2 is 1.83 bits per heavy atom. The van der Waals surface area contributed by atoms with Gasteiger partial charge in [-0.2, -0.15) is 0 Å². The van der Waals surface area contributed by atoms with Gasteiger partial charge in [-0.1, -0.05) is 0 Å². The molecule has 0 aromatic carbocycles. The second-order valence-electron chi connectivity index (χ2n) is 7.88. The van der Waals surface area contributed by atoms with Crippen LogP contribution in [0.5, 0.6) is 0 Å². The van der Waals surface area contributed by atoms with E-state index in [2.05, 4.69) is 19.8 Å². The highest BCUT2D eigenvalue weighted by atomic mass is 35.5. The lowest BCUT2D eigenvalue weighted by Crippen LogP contribution is -2.54. The first-order chi connectivity index (χ1) is 13.7. The number of hydrogen-bond donors (Lipinski definition) is 0. The minimum absolute atomic E-state index is 0. The van der Waals surface area contributed by atoms with Crippen LogP contribution in [-0.2, 0) is 9.53 Å². The van der Waals surface area contributed by atoms with Gasteiger partial charge < -0.3 is 14.5 Å². The van der Waals surface area contributed by atoms with Gasteiger partial charge in [0.05, 0.1) is 13.2 Å².